The monoisotopic (exact) mass is 510 g/mol. The zero-order chi connectivity index (χ0) is 25.8. The van der Waals surface area contributed by atoms with Gasteiger partial charge < -0.3 is 19.9 Å². The van der Waals surface area contributed by atoms with Gasteiger partial charge in [-0.3, -0.25) is 9.59 Å². The fourth-order valence-corrected chi connectivity index (χ4v) is 4.94. The van der Waals surface area contributed by atoms with E-state index in [-0.39, 0.29) is 24.3 Å². The molecule has 3 heterocycles. The predicted molar refractivity (Wildman–Crippen MR) is 136 cm³/mol. The normalized spacial score (nSPS) is 17.3. The molecule has 1 aliphatic heterocycles. The highest BCUT2D eigenvalue weighted by atomic mass is 35.5. The number of rotatable bonds is 8. The molecule has 3 atom stereocenters. The van der Waals surface area contributed by atoms with Crippen molar-refractivity contribution < 1.29 is 14.7 Å². The van der Waals surface area contributed by atoms with Crippen molar-refractivity contribution >= 4 is 23.4 Å². The number of aromatic nitrogens is 4. The number of halogens is 1. The number of hydrogen-bond acceptors (Lipinski definition) is 6. The Bertz CT molecular complexity index is 1210. The molecule has 1 saturated heterocycles. The maximum Gasteiger partial charge on any atom is 0.246 e. The minimum atomic E-state index is -0.604. The number of likely N-dealkylation sites (tertiary alicyclic amines) is 1. The number of nitrogens with one attached hydrogen (secondary N) is 1. The summed E-state index contributed by atoms with van der Waals surface area (Å²) in [6.45, 7) is 6.11. The van der Waals surface area contributed by atoms with Gasteiger partial charge in [0.25, 0.3) is 0 Å². The third kappa shape index (κ3) is 5.42. The Hall–Kier alpha value is -3.30. The number of nitrogens with zero attached hydrogens (tertiary/aromatic N) is 5. The number of imidazole rings is 1. The fourth-order valence-electron chi connectivity index (χ4n) is 4.74. The van der Waals surface area contributed by atoms with Crippen molar-refractivity contribution in [1.82, 2.24) is 30.0 Å². The molecule has 2 amide bonds. The van der Waals surface area contributed by atoms with Gasteiger partial charge in [-0.2, -0.15) is 10.2 Å². The fraction of sp³-hybridized carbons (Fsp3) is 0.423. The second-order valence-corrected chi connectivity index (χ2v) is 9.86. The number of benzene rings is 1. The van der Waals surface area contributed by atoms with E-state index in [4.69, 9.17) is 11.6 Å². The summed E-state index contributed by atoms with van der Waals surface area (Å²) in [5, 5.41) is 21.1. The van der Waals surface area contributed by atoms with Crippen molar-refractivity contribution in [3.05, 3.63) is 65.5 Å². The van der Waals surface area contributed by atoms with Crippen LogP contribution in [0.15, 0.2) is 49.2 Å². The highest BCUT2D eigenvalue weighted by Gasteiger charge is 2.39. The number of aliphatic hydroxyl groups is 1. The summed E-state index contributed by atoms with van der Waals surface area (Å²) in [5.74, 6) is -0.328. The number of amides is 2. The number of carbonyl (C=O) groups is 2. The minimum Gasteiger partial charge on any atom is -0.394 e. The van der Waals surface area contributed by atoms with Crippen molar-refractivity contribution in [2.75, 3.05) is 13.2 Å². The molecule has 1 aliphatic rings. The van der Waals surface area contributed by atoms with Gasteiger partial charge in [0, 0.05) is 18.3 Å². The van der Waals surface area contributed by atoms with Crippen molar-refractivity contribution in [2.45, 2.75) is 51.7 Å². The van der Waals surface area contributed by atoms with Crippen LogP contribution in [0.5, 0.6) is 0 Å². The Kier molecular flexibility index (Phi) is 8.01. The Morgan fingerprint density at radius 3 is 2.53 bits per heavy atom. The average molecular weight is 511 g/mol. The highest BCUT2D eigenvalue weighted by Crippen LogP contribution is 2.29. The second kappa shape index (κ2) is 11.2. The van der Waals surface area contributed by atoms with Gasteiger partial charge in [-0.1, -0.05) is 49.7 Å². The molecule has 4 rings (SSSR count). The van der Waals surface area contributed by atoms with E-state index in [1.807, 2.05) is 55.8 Å². The minimum absolute atomic E-state index is 0.0308. The van der Waals surface area contributed by atoms with E-state index in [1.165, 1.54) is 6.20 Å². The van der Waals surface area contributed by atoms with Crippen molar-refractivity contribution in [1.29, 1.82) is 0 Å². The van der Waals surface area contributed by atoms with Gasteiger partial charge in [-0.25, -0.2) is 4.98 Å². The smallest absolute Gasteiger partial charge is 0.246 e. The molecule has 190 valence electrons. The highest BCUT2D eigenvalue weighted by molar-refractivity contribution is 6.33. The van der Waals surface area contributed by atoms with Crippen LogP contribution in [0.25, 0.3) is 11.1 Å². The summed E-state index contributed by atoms with van der Waals surface area (Å²) in [6.07, 6.45) is 7.92. The molecule has 1 aromatic carbocycles. The summed E-state index contributed by atoms with van der Waals surface area (Å²) >= 11 is 6.21. The topological polar surface area (TPSA) is 113 Å². The molecule has 3 aromatic rings. The lowest BCUT2D eigenvalue weighted by Crippen LogP contribution is -2.49. The van der Waals surface area contributed by atoms with E-state index in [2.05, 4.69) is 20.5 Å². The van der Waals surface area contributed by atoms with Gasteiger partial charge in [0.1, 0.15) is 12.1 Å². The maximum absolute atomic E-state index is 13.6. The van der Waals surface area contributed by atoms with Crippen LogP contribution in [0.2, 0.25) is 5.02 Å². The number of hydrogen-bond donors (Lipinski definition) is 2. The van der Waals surface area contributed by atoms with Crippen molar-refractivity contribution in [3.63, 3.8) is 0 Å². The third-order valence-electron chi connectivity index (χ3n) is 6.58. The van der Waals surface area contributed by atoms with Gasteiger partial charge in [0.15, 0.2) is 0 Å². The molecular weight excluding hydrogens is 480 g/mol. The first-order chi connectivity index (χ1) is 17.3. The molecule has 0 aliphatic carbocycles. The predicted octanol–water partition coefficient (Wildman–Crippen LogP) is 3.34. The number of aliphatic hydroxyl groups excluding tert-OH is 1. The van der Waals surface area contributed by atoms with Crippen molar-refractivity contribution in [2.24, 2.45) is 5.92 Å². The van der Waals surface area contributed by atoms with Crippen LogP contribution in [-0.2, 0) is 9.59 Å². The van der Waals surface area contributed by atoms with Gasteiger partial charge in [0.2, 0.25) is 11.8 Å². The van der Waals surface area contributed by atoms with Crippen LogP contribution in [0.1, 0.15) is 50.0 Å². The molecule has 0 radical (unpaired) electrons. The molecule has 2 N–H and O–H groups in total. The maximum atomic E-state index is 13.6. The van der Waals surface area contributed by atoms with E-state index in [0.717, 1.165) is 28.8 Å². The summed E-state index contributed by atoms with van der Waals surface area (Å²) in [7, 11) is 0. The van der Waals surface area contributed by atoms with Gasteiger partial charge in [-0.05, 0) is 36.8 Å². The van der Waals surface area contributed by atoms with E-state index >= 15 is 0 Å². The molecule has 0 unspecified atom stereocenters. The Morgan fingerprint density at radius 2 is 1.92 bits per heavy atom. The molecule has 0 saturated carbocycles. The van der Waals surface area contributed by atoms with Gasteiger partial charge in [0.05, 0.1) is 42.1 Å². The molecular formula is C26H31ClN6O3. The van der Waals surface area contributed by atoms with Crippen LogP contribution in [-0.4, -0.2) is 60.8 Å². The van der Waals surface area contributed by atoms with Crippen LogP contribution in [0, 0.1) is 12.8 Å². The van der Waals surface area contributed by atoms with E-state index in [9.17, 15) is 14.7 Å². The third-order valence-corrected chi connectivity index (χ3v) is 6.88. The first-order valence-electron chi connectivity index (χ1n) is 12.1. The lowest BCUT2D eigenvalue weighted by molar-refractivity contribution is -0.142. The van der Waals surface area contributed by atoms with E-state index < -0.39 is 18.1 Å². The second-order valence-electron chi connectivity index (χ2n) is 9.46. The van der Waals surface area contributed by atoms with Crippen LogP contribution < -0.4 is 5.32 Å². The zero-order valence-electron chi connectivity index (χ0n) is 20.6. The molecule has 2 aromatic heterocycles. The largest absolute Gasteiger partial charge is 0.394 e. The van der Waals surface area contributed by atoms with E-state index in [1.54, 1.807) is 17.4 Å². The quantitative estimate of drug-likeness (QED) is 0.480. The SMILES string of the molecule is Cc1cn([C@H](C(=O)N2CCC[C@H]2C(=O)N[C@@H](CO)c2ccc(-c3cnncc3Cl)cc2)C(C)C)cn1. The summed E-state index contributed by atoms with van der Waals surface area (Å²) in [4.78, 5) is 32.8. The van der Waals surface area contributed by atoms with Crippen LogP contribution >= 0.6 is 11.6 Å². The lowest BCUT2D eigenvalue weighted by Gasteiger charge is -2.31. The van der Waals surface area contributed by atoms with Gasteiger partial charge >= 0.3 is 0 Å². The van der Waals surface area contributed by atoms with Gasteiger partial charge in [-0.15, -0.1) is 0 Å². The average Bonchev–Trinajstić information content (AvgIpc) is 3.52. The summed E-state index contributed by atoms with van der Waals surface area (Å²) in [5.41, 5.74) is 3.18. The van der Waals surface area contributed by atoms with E-state index in [0.29, 0.717) is 18.0 Å². The first kappa shape index (κ1) is 25.8. The molecule has 10 heteroatoms. The number of aryl methyl sites for hydroxylation is 1. The zero-order valence-corrected chi connectivity index (χ0v) is 21.4. The molecule has 9 nitrogen and oxygen atoms in total. The molecule has 1 fully saturated rings. The lowest BCUT2D eigenvalue weighted by atomic mass is 10.0. The molecule has 0 spiro atoms. The summed E-state index contributed by atoms with van der Waals surface area (Å²) in [6, 6.07) is 5.76. The van der Waals surface area contributed by atoms with Crippen LogP contribution in [0.4, 0.5) is 0 Å². The number of carbonyl (C=O) groups excluding carboxylic acids is 2. The van der Waals surface area contributed by atoms with Crippen LogP contribution in [0.3, 0.4) is 0 Å². The molecule has 36 heavy (non-hydrogen) atoms. The molecule has 0 bridgehead atoms. The Balaban J connectivity index is 1.48. The Morgan fingerprint density at radius 1 is 1.19 bits per heavy atom. The Labute approximate surface area is 215 Å². The first-order valence-corrected chi connectivity index (χ1v) is 12.5. The summed E-state index contributed by atoms with van der Waals surface area (Å²) < 4.78 is 1.83. The van der Waals surface area contributed by atoms with Crippen molar-refractivity contribution in [3.8, 4) is 11.1 Å². The standard InChI is InChI=1S/C26H31ClN6O3/c1-16(2)24(32-13-17(3)28-15-32)26(36)33-10-4-5-23(33)25(35)31-22(14-34)19-8-6-18(7-9-19)20-11-29-30-12-21(20)27/h6-9,11-13,15-16,22-24,34H,4-5,10,14H2,1-3H3,(H,31,35)/t22-,23-,24-/m0/s1.